The number of anilines is 2. The topological polar surface area (TPSA) is 45.2 Å². The number of benzene rings is 1. The molecule has 0 spiro atoms. The van der Waals surface area contributed by atoms with Crippen LogP contribution in [0.25, 0.3) is 0 Å². The van der Waals surface area contributed by atoms with Crippen molar-refractivity contribution in [3.63, 3.8) is 0 Å². The minimum absolute atomic E-state index is 0.101. The maximum atomic E-state index is 12.0. The van der Waals surface area contributed by atoms with Gasteiger partial charge in [-0.05, 0) is 32.0 Å². The molecule has 4 heteroatoms. The first-order valence-electron chi connectivity index (χ1n) is 6.62. The van der Waals surface area contributed by atoms with E-state index in [0.29, 0.717) is 5.56 Å². The predicted octanol–water partition coefficient (Wildman–Crippen LogP) is 2.99. The van der Waals surface area contributed by atoms with Crippen molar-refractivity contribution in [2.75, 3.05) is 11.9 Å². The number of pyridine rings is 1. The maximum absolute atomic E-state index is 12.0. The first kappa shape index (κ1) is 14.1. The fourth-order valence-corrected chi connectivity index (χ4v) is 1.88. The minimum atomic E-state index is -0.101. The molecule has 0 aliphatic rings. The Morgan fingerprint density at radius 3 is 2.50 bits per heavy atom. The van der Waals surface area contributed by atoms with Gasteiger partial charge in [0.1, 0.15) is 0 Å². The highest BCUT2D eigenvalue weighted by Gasteiger charge is 2.10. The number of para-hydroxylation sites is 1. The molecule has 0 atom stereocenters. The van der Waals surface area contributed by atoms with E-state index in [1.165, 1.54) is 0 Å². The smallest absolute Gasteiger partial charge is 0.253 e. The zero-order chi connectivity index (χ0) is 14.5. The second-order valence-corrected chi connectivity index (χ2v) is 4.95. The summed E-state index contributed by atoms with van der Waals surface area (Å²) >= 11 is 0. The first-order chi connectivity index (χ1) is 9.58. The molecule has 1 heterocycles. The third-order valence-corrected chi connectivity index (χ3v) is 2.94. The van der Waals surface area contributed by atoms with Gasteiger partial charge in [-0.2, -0.15) is 0 Å². The Morgan fingerprint density at radius 1 is 1.15 bits per heavy atom. The Morgan fingerprint density at radius 2 is 1.85 bits per heavy atom. The number of hydrogen-bond acceptors (Lipinski definition) is 3. The average Bonchev–Trinajstić information content (AvgIpc) is 2.47. The van der Waals surface area contributed by atoms with Crippen molar-refractivity contribution in [2.24, 2.45) is 0 Å². The molecule has 1 N–H and O–H groups in total. The van der Waals surface area contributed by atoms with Crippen LogP contribution in [0.5, 0.6) is 0 Å². The third kappa shape index (κ3) is 3.35. The van der Waals surface area contributed by atoms with Crippen LogP contribution in [-0.4, -0.2) is 24.0 Å². The monoisotopic (exact) mass is 269 g/mol. The highest BCUT2D eigenvalue weighted by Crippen LogP contribution is 2.22. The van der Waals surface area contributed by atoms with Crippen LogP contribution in [0.1, 0.15) is 24.2 Å². The van der Waals surface area contributed by atoms with Gasteiger partial charge in [0, 0.05) is 25.0 Å². The van der Waals surface area contributed by atoms with Crippen molar-refractivity contribution in [3.8, 4) is 0 Å². The van der Waals surface area contributed by atoms with E-state index in [2.05, 4.69) is 10.3 Å². The van der Waals surface area contributed by atoms with Crippen LogP contribution >= 0.6 is 0 Å². The van der Waals surface area contributed by atoms with Gasteiger partial charge >= 0.3 is 0 Å². The summed E-state index contributed by atoms with van der Waals surface area (Å²) in [5.74, 6) is -0.101. The average molecular weight is 269 g/mol. The van der Waals surface area contributed by atoms with Crippen molar-refractivity contribution in [1.29, 1.82) is 0 Å². The number of hydrogen-bond donors (Lipinski definition) is 1. The largest absolute Gasteiger partial charge is 0.350 e. The lowest BCUT2D eigenvalue weighted by molar-refractivity contribution is 0.0943. The Hall–Kier alpha value is -2.36. The summed E-state index contributed by atoms with van der Waals surface area (Å²) in [4.78, 5) is 18.2. The molecule has 1 aromatic heterocycles. The number of carbonyl (C=O) groups is 1. The van der Waals surface area contributed by atoms with E-state index in [9.17, 15) is 4.79 Å². The highest BCUT2D eigenvalue weighted by molar-refractivity contribution is 5.95. The van der Waals surface area contributed by atoms with E-state index in [1.54, 1.807) is 12.4 Å². The minimum Gasteiger partial charge on any atom is -0.350 e. The molecular weight excluding hydrogens is 250 g/mol. The summed E-state index contributed by atoms with van der Waals surface area (Å²) in [6, 6.07) is 11.9. The summed E-state index contributed by atoms with van der Waals surface area (Å²) in [7, 11) is 1.95. The number of carbonyl (C=O) groups excluding carboxylic acids is 1. The van der Waals surface area contributed by atoms with E-state index < -0.39 is 0 Å². The van der Waals surface area contributed by atoms with Crippen LogP contribution in [0.3, 0.4) is 0 Å². The number of nitrogens with zero attached hydrogens (tertiary/aromatic N) is 2. The third-order valence-electron chi connectivity index (χ3n) is 2.94. The number of aromatic nitrogens is 1. The van der Waals surface area contributed by atoms with Crippen molar-refractivity contribution in [2.45, 2.75) is 19.9 Å². The second-order valence-electron chi connectivity index (χ2n) is 4.95. The van der Waals surface area contributed by atoms with Crippen molar-refractivity contribution in [3.05, 3.63) is 54.4 Å². The van der Waals surface area contributed by atoms with Crippen molar-refractivity contribution < 1.29 is 4.79 Å². The summed E-state index contributed by atoms with van der Waals surface area (Å²) < 4.78 is 0. The summed E-state index contributed by atoms with van der Waals surface area (Å²) in [6.07, 6.45) is 3.33. The van der Waals surface area contributed by atoms with Crippen LogP contribution in [0.15, 0.2) is 48.8 Å². The highest BCUT2D eigenvalue weighted by atomic mass is 16.1. The van der Waals surface area contributed by atoms with E-state index in [0.717, 1.165) is 11.4 Å². The molecule has 1 amide bonds. The fourth-order valence-electron chi connectivity index (χ4n) is 1.88. The van der Waals surface area contributed by atoms with Gasteiger partial charge in [0.05, 0.1) is 17.4 Å². The van der Waals surface area contributed by atoms with Crippen LogP contribution in [0, 0.1) is 0 Å². The molecule has 2 rings (SSSR count). The Labute approximate surface area is 119 Å². The lowest BCUT2D eigenvalue weighted by atomic mass is 10.2. The van der Waals surface area contributed by atoms with Gasteiger partial charge in [-0.3, -0.25) is 9.78 Å². The molecule has 0 saturated carbocycles. The standard InChI is InChI=1S/C16H19N3O/c1-12(2)18-16(20)13-9-15(11-17-10-13)19(3)14-7-5-4-6-8-14/h4-12H,1-3H3,(H,18,20). The van der Waals surface area contributed by atoms with E-state index in [1.807, 2.05) is 62.2 Å². The van der Waals surface area contributed by atoms with Gasteiger partial charge in [-0.25, -0.2) is 0 Å². The normalized spacial score (nSPS) is 10.4. The van der Waals surface area contributed by atoms with Gasteiger partial charge in [0.25, 0.3) is 5.91 Å². The molecule has 0 bridgehead atoms. The van der Waals surface area contributed by atoms with Gasteiger partial charge in [-0.15, -0.1) is 0 Å². The van der Waals surface area contributed by atoms with Gasteiger partial charge in [0.15, 0.2) is 0 Å². The molecule has 2 aromatic rings. The van der Waals surface area contributed by atoms with Crippen LogP contribution in [-0.2, 0) is 0 Å². The quantitative estimate of drug-likeness (QED) is 0.928. The fraction of sp³-hybridized carbons (Fsp3) is 0.250. The lowest BCUT2D eigenvalue weighted by Gasteiger charge is -2.19. The molecule has 0 unspecified atom stereocenters. The zero-order valence-electron chi connectivity index (χ0n) is 12.0. The number of rotatable bonds is 4. The van der Waals surface area contributed by atoms with E-state index >= 15 is 0 Å². The number of amides is 1. The summed E-state index contributed by atoms with van der Waals surface area (Å²) in [5.41, 5.74) is 2.50. The molecule has 0 radical (unpaired) electrons. The molecular formula is C16H19N3O. The summed E-state index contributed by atoms with van der Waals surface area (Å²) in [6.45, 7) is 3.87. The second kappa shape index (κ2) is 6.19. The van der Waals surface area contributed by atoms with Crippen molar-refractivity contribution in [1.82, 2.24) is 10.3 Å². The SMILES string of the molecule is CC(C)NC(=O)c1cncc(N(C)c2ccccc2)c1. The van der Waals surface area contributed by atoms with E-state index in [4.69, 9.17) is 0 Å². The molecule has 0 aliphatic heterocycles. The van der Waals surface area contributed by atoms with E-state index in [-0.39, 0.29) is 11.9 Å². The molecule has 4 nitrogen and oxygen atoms in total. The van der Waals surface area contributed by atoms with Crippen molar-refractivity contribution >= 4 is 17.3 Å². The molecule has 20 heavy (non-hydrogen) atoms. The number of nitrogens with one attached hydrogen (secondary N) is 1. The molecule has 1 aromatic carbocycles. The predicted molar refractivity (Wildman–Crippen MR) is 81.3 cm³/mol. The van der Waals surface area contributed by atoms with Gasteiger partial charge in [0.2, 0.25) is 0 Å². The molecule has 104 valence electrons. The molecule has 0 saturated heterocycles. The van der Waals surface area contributed by atoms with Crippen LogP contribution in [0.4, 0.5) is 11.4 Å². The summed E-state index contributed by atoms with van der Waals surface area (Å²) in [5, 5.41) is 2.87. The Balaban J connectivity index is 2.24. The maximum Gasteiger partial charge on any atom is 0.253 e. The Kier molecular flexibility index (Phi) is 4.35. The first-order valence-corrected chi connectivity index (χ1v) is 6.62. The molecule has 0 fully saturated rings. The zero-order valence-corrected chi connectivity index (χ0v) is 12.0. The Bertz CT molecular complexity index is 581. The lowest BCUT2D eigenvalue weighted by Crippen LogP contribution is -2.30. The molecule has 0 aliphatic carbocycles. The van der Waals surface area contributed by atoms with Gasteiger partial charge in [-0.1, -0.05) is 18.2 Å². The van der Waals surface area contributed by atoms with Gasteiger partial charge < -0.3 is 10.2 Å². The van der Waals surface area contributed by atoms with Crippen LogP contribution < -0.4 is 10.2 Å². The van der Waals surface area contributed by atoms with Crippen LogP contribution in [0.2, 0.25) is 0 Å².